The molecule has 11 heteroatoms. The molecule has 0 saturated carbocycles. The Bertz CT molecular complexity index is 1240. The number of benzene rings is 1. The van der Waals surface area contributed by atoms with Crippen molar-refractivity contribution in [2.24, 2.45) is 5.92 Å². The number of hydrogen-bond donors (Lipinski definition) is 4. The first-order valence-electron chi connectivity index (χ1n) is 11.9. The lowest BCUT2D eigenvalue weighted by molar-refractivity contribution is 0.0700. The zero-order valence-electron chi connectivity index (χ0n) is 20.5. The van der Waals surface area contributed by atoms with E-state index in [1.807, 2.05) is 32.0 Å². The van der Waals surface area contributed by atoms with E-state index in [0.717, 1.165) is 16.9 Å². The number of aliphatic hydroxyl groups excluding tert-OH is 1. The second kappa shape index (κ2) is 11.0. The molecule has 10 nitrogen and oxygen atoms in total. The van der Waals surface area contributed by atoms with Crippen LogP contribution in [0.3, 0.4) is 0 Å². The van der Waals surface area contributed by atoms with Gasteiger partial charge in [-0.25, -0.2) is 14.8 Å². The average molecular weight is 511 g/mol. The number of carboxylic acids is 1. The molecule has 4 rings (SSSR count). The van der Waals surface area contributed by atoms with Gasteiger partial charge in [-0.3, -0.25) is 10.1 Å². The first-order chi connectivity index (χ1) is 17.2. The van der Waals surface area contributed by atoms with Crippen molar-refractivity contribution < 1.29 is 19.8 Å². The number of aryl methyl sites for hydroxylation is 1. The van der Waals surface area contributed by atoms with Gasteiger partial charge in [0.15, 0.2) is 5.13 Å². The Morgan fingerprint density at radius 3 is 2.44 bits per heavy atom. The van der Waals surface area contributed by atoms with Gasteiger partial charge in [0, 0.05) is 36.8 Å². The molecule has 0 spiro atoms. The van der Waals surface area contributed by atoms with Gasteiger partial charge in [0.1, 0.15) is 10.7 Å². The first kappa shape index (κ1) is 25.5. The topological polar surface area (TPSA) is 141 Å². The molecule has 0 unspecified atom stereocenters. The van der Waals surface area contributed by atoms with Gasteiger partial charge >= 0.3 is 5.97 Å². The fraction of sp³-hybridized carbons (Fsp3) is 0.400. The monoisotopic (exact) mass is 510 g/mol. The van der Waals surface area contributed by atoms with Crippen molar-refractivity contribution in [1.82, 2.24) is 20.3 Å². The minimum Gasteiger partial charge on any atom is -0.477 e. The number of thiazole rings is 1. The Morgan fingerprint density at radius 1 is 1.14 bits per heavy atom. The summed E-state index contributed by atoms with van der Waals surface area (Å²) in [4.78, 5) is 39.7. The maximum Gasteiger partial charge on any atom is 0.347 e. The van der Waals surface area contributed by atoms with Gasteiger partial charge < -0.3 is 20.4 Å². The number of nitrogens with zero attached hydrogens (tertiary/aromatic N) is 4. The first-order valence-corrected chi connectivity index (χ1v) is 12.7. The Morgan fingerprint density at radius 2 is 1.83 bits per heavy atom. The molecule has 1 saturated heterocycles. The zero-order chi connectivity index (χ0) is 25.8. The Balaban J connectivity index is 1.64. The van der Waals surface area contributed by atoms with Crippen LogP contribution in [0.5, 0.6) is 0 Å². The van der Waals surface area contributed by atoms with Crippen LogP contribution in [-0.2, 0) is 0 Å². The smallest absolute Gasteiger partial charge is 0.347 e. The Kier molecular flexibility index (Phi) is 7.80. The van der Waals surface area contributed by atoms with Crippen LogP contribution in [0.4, 0.5) is 16.9 Å². The molecule has 2 aromatic heterocycles. The normalized spacial score (nSPS) is 14.2. The average Bonchev–Trinajstić information content (AvgIpc) is 3.23. The highest BCUT2D eigenvalue weighted by Crippen LogP contribution is 2.29. The van der Waals surface area contributed by atoms with Gasteiger partial charge in [-0.15, -0.1) is 0 Å². The van der Waals surface area contributed by atoms with Gasteiger partial charge in [0.05, 0.1) is 17.5 Å². The largest absolute Gasteiger partial charge is 0.477 e. The highest BCUT2D eigenvalue weighted by atomic mass is 32.1. The molecule has 4 N–H and O–H groups in total. The number of nitrogens with one attached hydrogen (secondary N) is 2. The molecular weight excluding hydrogens is 480 g/mol. The molecule has 0 radical (unpaired) electrons. The second-order valence-corrected chi connectivity index (χ2v) is 10.2. The number of aliphatic hydroxyl groups is 1. The fourth-order valence-electron chi connectivity index (χ4n) is 3.83. The third kappa shape index (κ3) is 6.16. The maximum absolute atomic E-state index is 12.4. The quantitative estimate of drug-likeness (QED) is 0.357. The van der Waals surface area contributed by atoms with Crippen molar-refractivity contribution in [2.45, 2.75) is 39.7 Å². The standard InChI is InChI=1S/C25H30N6O4S/c1-14(2)13-26-22(33)17-6-4-16(5-7-17)19-12-20(31-10-8-18(32)9-11-31)29-24(28-19)30-25-27-15(3)21(36-25)23(34)35/h4-7,12,14,18,32H,8-11,13H2,1-3H3,(H,26,33)(H,34,35)(H,27,28,29,30). The summed E-state index contributed by atoms with van der Waals surface area (Å²) < 4.78 is 0. The fourth-order valence-corrected chi connectivity index (χ4v) is 4.63. The number of hydrogen-bond acceptors (Lipinski definition) is 9. The third-order valence-corrected chi connectivity index (χ3v) is 6.89. The van der Waals surface area contributed by atoms with Crippen LogP contribution in [0.2, 0.25) is 0 Å². The Labute approximate surface area is 213 Å². The summed E-state index contributed by atoms with van der Waals surface area (Å²) in [6, 6.07) is 9.10. The molecule has 0 aliphatic carbocycles. The third-order valence-electron chi connectivity index (χ3n) is 5.82. The SMILES string of the molecule is Cc1nc(Nc2nc(-c3ccc(C(=O)NCC(C)C)cc3)cc(N3CCC(O)CC3)n2)sc1C(=O)O. The van der Waals surface area contributed by atoms with E-state index < -0.39 is 5.97 Å². The van der Waals surface area contributed by atoms with E-state index in [1.165, 1.54) is 0 Å². The molecule has 36 heavy (non-hydrogen) atoms. The van der Waals surface area contributed by atoms with Gasteiger partial charge in [-0.05, 0) is 37.8 Å². The molecule has 1 aliphatic rings. The lowest BCUT2D eigenvalue weighted by Crippen LogP contribution is -2.36. The van der Waals surface area contributed by atoms with Crippen LogP contribution in [0, 0.1) is 12.8 Å². The van der Waals surface area contributed by atoms with E-state index >= 15 is 0 Å². The van der Waals surface area contributed by atoms with Crippen LogP contribution in [0.1, 0.15) is 52.4 Å². The van der Waals surface area contributed by atoms with Crippen LogP contribution in [0.15, 0.2) is 30.3 Å². The summed E-state index contributed by atoms with van der Waals surface area (Å²) in [5, 5.41) is 25.6. The molecular formula is C25H30N6O4S. The van der Waals surface area contributed by atoms with Gasteiger partial charge in [0.25, 0.3) is 5.91 Å². The van der Waals surface area contributed by atoms with E-state index in [4.69, 9.17) is 0 Å². The van der Waals surface area contributed by atoms with Crippen molar-refractivity contribution in [3.05, 3.63) is 46.5 Å². The number of rotatable bonds is 8. The maximum atomic E-state index is 12.4. The van der Waals surface area contributed by atoms with E-state index in [1.54, 1.807) is 19.1 Å². The molecule has 1 aliphatic heterocycles. The van der Waals surface area contributed by atoms with Crippen molar-refractivity contribution >= 4 is 40.1 Å². The van der Waals surface area contributed by atoms with Crippen molar-refractivity contribution in [3.63, 3.8) is 0 Å². The van der Waals surface area contributed by atoms with Gasteiger partial charge in [-0.2, -0.15) is 4.98 Å². The molecule has 3 aromatic rings. The number of carbonyl (C=O) groups excluding carboxylic acids is 1. The van der Waals surface area contributed by atoms with Crippen LogP contribution in [-0.4, -0.2) is 62.8 Å². The molecule has 1 aromatic carbocycles. The zero-order valence-corrected chi connectivity index (χ0v) is 21.3. The highest BCUT2D eigenvalue weighted by Gasteiger charge is 2.21. The van der Waals surface area contributed by atoms with Gasteiger partial charge in [-0.1, -0.05) is 37.3 Å². The summed E-state index contributed by atoms with van der Waals surface area (Å²) in [5.74, 6) is 0.194. The van der Waals surface area contributed by atoms with E-state index in [9.17, 15) is 19.8 Å². The predicted octanol–water partition coefficient (Wildman–Crippen LogP) is 3.70. The van der Waals surface area contributed by atoms with E-state index in [-0.39, 0.29) is 22.8 Å². The minimum atomic E-state index is -1.03. The summed E-state index contributed by atoms with van der Waals surface area (Å²) in [6.07, 6.45) is 0.980. The molecule has 1 amide bonds. The van der Waals surface area contributed by atoms with E-state index in [0.29, 0.717) is 66.3 Å². The van der Waals surface area contributed by atoms with Crippen molar-refractivity contribution in [2.75, 3.05) is 29.9 Å². The van der Waals surface area contributed by atoms with Crippen molar-refractivity contribution in [3.8, 4) is 11.3 Å². The minimum absolute atomic E-state index is 0.124. The van der Waals surface area contributed by atoms with Crippen molar-refractivity contribution in [1.29, 1.82) is 0 Å². The number of aromatic carboxylic acids is 1. The molecule has 3 heterocycles. The lowest BCUT2D eigenvalue weighted by atomic mass is 10.1. The summed E-state index contributed by atoms with van der Waals surface area (Å²) >= 11 is 1.02. The number of amides is 1. The number of aromatic nitrogens is 3. The second-order valence-electron chi connectivity index (χ2n) is 9.20. The summed E-state index contributed by atoms with van der Waals surface area (Å²) in [6.45, 7) is 7.65. The lowest BCUT2D eigenvalue weighted by Gasteiger charge is -2.30. The summed E-state index contributed by atoms with van der Waals surface area (Å²) in [7, 11) is 0. The van der Waals surface area contributed by atoms with Crippen LogP contribution < -0.4 is 15.5 Å². The van der Waals surface area contributed by atoms with Crippen LogP contribution >= 0.6 is 11.3 Å². The number of piperidine rings is 1. The van der Waals surface area contributed by atoms with E-state index in [2.05, 4.69) is 30.5 Å². The highest BCUT2D eigenvalue weighted by molar-refractivity contribution is 7.17. The molecule has 0 bridgehead atoms. The summed E-state index contributed by atoms with van der Waals surface area (Å²) in [5.41, 5.74) is 2.44. The van der Waals surface area contributed by atoms with Crippen LogP contribution in [0.25, 0.3) is 11.3 Å². The molecule has 0 atom stereocenters. The predicted molar refractivity (Wildman–Crippen MR) is 139 cm³/mol. The Hall–Kier alpha value is -3.57. The number of carbonyl (C=O) groups is 2. The molecule has 1 fully saturated rings. The molecule has 190 valence electrons. The number of anilines is 3. The number of carboxylic acid groups (broad SMARTS) is 1. The van der Waals surface area contributed by atoms with Gasteiger partial charge in [0.2, 0.25) is 5.95 Å².